The quantitative estimate of drug-likeness (QED) is 0.409. The van der Waals surface area contributed by atoms with E-state index in [1.165, 1.54) is 51.4 Å². The van der Waals surface area contributed by atoms with E-state index in [9.17, 15) is 0 Å². The maximum Gasteiger partial charge on any atom is 0.0581 e. The van der Waals surface area contributed by atoms with Crippen LogP contribution in [0.2, 0.25) is 0 Å². The molecular weight excluding hydrogens is 232 g/mol. The zero-order chi connectivity index (χ0) is 14.7. The van der Waals surface area contributed by atoms with Crippen LogP contribution in [0, 0.1) is 11.8 Å². The highest BCUT2D eigenvalue weighted by atomic mass is 16.5. The zero-order valence-electron chi connectivity index (χ0n) is 14.4. The molecule has 2 unspecified atom stereocenters. The predicted octanol–water partition coefficient (Wildman–Crippen LogP) is 6.21. The van der Waals surface area contributed by atoms with Crippen molar-refractivity contribution in [2.24, 2.45) is 11.8 Å². The molecule has 0 aromatic carbocycles. The summed E-state index contributed by atoms with van der Waals surface area (Å²) < 4.78 is 6.48. The first-order valence-corrected chi connectivity index (χ1v) is 8.64. The van der Waals surface area contributed by atoms with Crippen LogP contribution in [0.25, 0.3) is 0 Å². The van der Waals surface area contributed by atoms with Gasteiger partial charge < -0.3 is 4.74 Å². The van der Waals surface area contributed by atoms with Gasteiger partial charge >= 0.3 is 0 Å². The van der Waals surface area contributed by atoms with Gasteiger partial charge in [0.2, 0.25) is 0 Å². The lowest BCUT2D eigenvalue weighted by atomic mass is 9.98. The molecule has 1 nitrogen and oxygen atoms in total. The van der Waals surface area contributed by atoms with Crippen LogP contribution in [-0.4, -0.2) is 12.2 Å². The van der Waals surface area contributed by atoms with Crippen molar-refractivity contribution < 1.29 is 4.74 Å². The molecule has 0 radical (unpaired) electrons. The molecular formula is C18H38O. The van der Waals surface area contributed by atoms with E-state index in [4.69, 9.17) is 4.74 Å². The highest BCUT2D eigenvalue weighted by molar-refractivity contribution is 4.67. The van der Waals surface area contributed by atoms with Gasteiger partial charge in [-0.25, -0.2) is 0 Å². The van der Waals surface area contributed by atoms with Crippen molar-refractivity contribution in [3.8, 4) is 0 Å². The summed E-state index contributed by atoms with van der Waals surface area (Å²) in [5, 5.41) is 0. The summed E-state index contributed by atoms with van der Waals surface area (Å²) in [6.07, 6.45) is 11.1. The average Bonchev–Trinajstić information content (AvgIpc) is 2.31. The summed E-state index contributed by atoms with van der Waals surface area (Å²) in [5.74, 6) is 1.49. The van der Waals surface area contributed by atoms with E-state index in [0.29, 0.717) is 12.2 Å². The lowest BCUT2D eigenvalue weighted by Gasteiger charge is -2.27. The van der Waals surface area contributed by atoms with Gasteiger partial charge in [0, 0.05) is 0 Å². The number of hydrogen-bond acceptors (Lipinski definition) is 1. The Morgan fingerprint density at radius 3 is 1.32 bits per heavy atom. The molecule has 0 aliphatic rings. The van der Waals surface area contributed by atoms with E-state index in [1.54, 1.807) is 0 Å². The largest absolute Gasteiger partial charge is 0.375 e. The molecule has 0 saturated heterocycles. The molecule has 116 valence electrons. The van der Waals surface area contributed by atoms with Crippen molar-refractivity contribution in [3.63, 3.8) is 0 Å². The Bertz CT molecular complexity index is 166. The summed E-state index contributed by atoms with van der Waals surface area (Å²) in [7, 11) is 0. The maximum absolute atomic E-state index is 6.48. The minimum Gasteiger partial charge on any atom is -0.375 e. The molecule has 0 N–H and O–H groups in total. The van der Waals surface area contributed by atoms with Crippen LogP contribution in [0.1, 0.15) is 92.9 Å². The van der Waals surface area contributed by atoms with Gasteiger partial charge in [-0.1, -0.05) is 67.2 Å². The molecule has 1 heteroatoms. The summed E-state index contributed by atoms with van der Waals surface area (Å²) >= 11 is 0. The number of rotatable bonds is 12. The average molecular weight is 271 g/mol. The van der Waals surface area contributed by atoms with Crippen LogP contribution in [0.4, 0.5) is 0 Å². The van der Waals surface area contributed by atoms with Gasteiger partial charge in [0.25, 0.3) is 0 Å². The standard InChI is InChI=1S/C18H38O/c1-7-9-11-17(13-15(3)4)19-18(12-10-8-2)14-16(5)6/h15-18H,7-14H2,1-6H3. The topological polar surface area (TPSA) is 9.23 Å². The first-order chi connectivity index (χ1) is 8.99. The van der Waals surface area contributed by atoms with Crippen LogP contribution in [0.3, 0.4) is 0 Å². The zero-order valence-corrected chi connectivity index (χ0v) is 14.4. The van der Waals surface area contributed by atoms with E-state index in [1.807, 2.05) is 0 Å². The van der Waals surface area contributed by atoms with Gasteiger partial charge in [0.15, 0.2) is 0 Å². The third-order valence-electron chi connectivity index (χ3n) is 3.61. The second-order valence-electron chi connectivity index (χ2n) is 6.92. The fourth-order valence-electron chi connectivity index (χ4n) is 2.67. The molecule has 0 aromatic heterocycles. The third-order valence-corrected chi connectivity index (χ3v) is 3.61. The minimum absolute atomic E-state index is 0.487. The molecule has 19 heavy (non-hydrogen) atoms. The second-order valence-corrected chi connectivity index (χ2v) is 6.92. The van der Waals surface area contributed by atoms with Crippen molar-refractivity contribution in [2.75, 3.05) is 0 Å². The fourth-order valence-corrected chi connectivity index (χ4v) is 2.67. The molecule has 0 aliphatic heterocycles. The molecule has 0 rings (SSSR count). The van der Waals surface area contributed by atoms with E-state index < -0.39 is 0 Å². The predicted molar refractivity (Wildman–Crippen MR) is 86.6 cm³/mol. The van der Waals surface area contributed by atoms with Crippen LogP contribution in [0.15, 0.2) is 0 Å². The lowest BCUT2D eigenvalue weighted by molar-refractivity contribution is -0.0402. The lowest BCUT2D eigenvalue weighted by Crippen LogP contribution is -2.25. The van der Waals surface area contributed by atoms with Gasteiger partial charge in [-0.05, 0) is 37.5 Å². The number of ether oxygens (including phenoxy) is 1. The number of unbranched alkanes of at least 4 members (excludes halogenated alkanes) is 2. The van der Waals surface area contributed by atoms with Gasteiger partial charge in [-0.3, -0.25) is 0 Å². The Morgan fingerprint density at radius 1 is 0.684 bits per heavy atom. The van der Waals surface area contributed by atoms with Crippen LogP contribution < -0.4 is 0 Å². The molecule has 0 spiro atoms. The Kier molecular flexibility index (Phi) is 11.7. The molecule has 2 atom stereocenters. The first-order valence-electron chi connectivity index (χ1n) is 8.64. The Hall–Kier alpha value is -0.0400. The Morgan fingerprint density at radius 2 is 1.05 bits per heavy atom. The van der Waals surface area contributed by atoms with Crippen LogP contribution in [-0.2, 0) is 4.74 Å². The van der Waals surface area contributed by atoms with Crippen molar-refractivity contribution in [2.45, 2.75) is 105 Å². The second kappa shape index (κ2) is 11.8. The van der Waals surface area contributed by atoms with E-state index in [0.717, 1.165) is 11.8 Å². The highest BCUT2D eigenvalue weighted by Crippen LogP contribution is 2.22. The minimum atomic E-state index is 0.487. The molecule has 0 fully saturated rings. The normalized spacial score (nSPS) is 15.2. The molecule has 0 bridgehead atoms. The summed E-state index contributed by atoms with van der Waals surface area (Å²) in [5.41, 5.74) is 0. The smallest absolute Gasteiger partial charge is 0.0581 e. The SMILES string of the molecule is CCCCC(CC(C)C)OC(CCCC)CC(C)C. The Balaban J connectivity index is 4.33. The van der Waals surface area contributed by atoms with Crippen molar-refractivity contribution in [1.29, 1.82) is 0 Å². The van der Waals surface area contributed by atoms with Crippen molar-refractivity contribution in [3.05, 3.63) is 0 Å². The summed E-state index contributed by atoms with van der Waals surface area (Å²) in [4.78, 5) is 0. The molecule has 0 amide bonds. The van der Waals surface area contributed by atoms with Gasteiger partial charge in [0.05, 0.1) is 12.2 Å². The number of hydrogen-bond donors (Lipinski definition) is 0. The Labute approximate surface area is 122 Å². The van der Waals surface area contributed by atoms with Crippen molar-refractivity contribution in [1.82, 2.24) is 0 Å². The van der Waals surface area contributed by atoms with E-state index in [2.05, 4.69) is 41.5 Å². The third kappa shape index (κ3) is 11.5. The van der Waals surface area contributed by atoms with Crippen molar-refractivity contribution >= 4 is 0 Å². The highest BCUT2D eigenvalue weighted by Gasteiger charge is 2.18. The monoisotopic (exact) mass is 270 g/mol. The van der Waals surface area contributed by atoms with E-state index >= 15 is 0 Å². The molecule has 0 heterocycles. The maximum atomic E-state index is 6.48. The van der Waals surface area contributed by atoms with Crippen LogP contribution in [0.5, 0.6) is 0 Å². The van der Waals surface area contributed by atoms with E-state index in [-0.39, 0.29) is 0 Å². The molecule has 0 aromatic rings. The van der Waals surface area contributed by atoms with Gasteiger partial charge in [0.1, 0.15) is 0 Å². The first kappa shape index (κ1) is 19.0. The summed E-state index contributed by atoms with van der Waals surface area (Å²) in [6.45, 7) is 13.8. The summed E-state index contributed by atoms with van der Waals surface area (Å²) in [6, 6.07) is 0. The fraction of sp³-hybridized carbons (Fsp3) is 1.00. The van der Waals surface area contributed by atoms with Crippen LogP contribution >= 0.6 is 0 Å². The molecule has 0 saturated carbocycles. The van der Waals surface area contributed by atoms with Gasteiger partial charge in [-0.15, -0.1) is 0 Å². The molecule has 0 aliphatic carbocycles. The van der Waals surface area contributed by atoms with Gasteiger partial charge in [-0.2, -0.15) is 0 Å².